The zero-order valence-corrected chi connectivity index (χ0v) is 15.2. The van der Waals surface area contributed by atoms with Gasteiger partial charge in [-0.2, -0.15) is 0 Å². The molecular weight excluding hydrogens is 298 g/mol. The summed E-state index contributed by atoms with van der Waals surface area (Å²) >= 11 is 0. The molecule has 0 rings (SSSR count). The van der Waals surface area contributed by atoms with Gasteiger partial charge in [0, 0.05) is 18.8 Å². The maximum atomic E-state index is 11.8. The molecule has 0 aliphatic heterocycles. The van der Waals surface area contributed by atoms with Crippen molar-refractivity contribution in [3.05, 3.63) is 0 Å². The largest absolute Gasteiger partial charge is 0.550 e. The molecule has 0 aromatic heterocycles. The first-order chi connectivity index (χ1) is 10.2. The Morgan fingerprint density at radius 3 is 2.00 bits per heavy atom. The molecule has 0 saturated heterocycles. The Bertz CT molecular complexity index is 325. The molecular formula is C17H35NO5. The number of rotatable bonds is 13. The number of hydrogen-bond donors (Lipinski definition) is 0. The zero-order valence-electron chi connectivity index (χ0n) is 15.2. The van der Waals surface area contributed by atoms with Crippen LogP contribution in [0.1, 0.15) is 64.7 Å². The van der Waals surface area contributed by atoms with E-state index < -0.39 is 12.1 Å². The fourth-order valence-corrected chi connectivity index (χ4v) is 2.41. The Hall–Kier alpha value is -1.14. The fourth-order valence-electron chi connectivity index (χ4n) is 2.41. The molecule has 23 heavy (non-hydrogen) atoms. The fraction of sp³-hybridized carbons (Fsp3) is 0.882. The number of hydrogen-bond acceptors (Lipinski definition) is 4. The van der Waals surface area contributed by atoms with Gasteiger partial charge in [-0.3, -0.25) is 4.79 Å². The molecule has 0 amide bonds. The zero-order chi connectivity index (χ0) is 17.0. The highest BCUT2D eigenvalue weighted by Gasteiger charge is 2.22. The molecule has 2 N–H and O–H groups in total. The minimum Gasteiger partial charge on any atom is -0.550 e. The maximum Gasteiger partial charge on any atom is 0.306 e. The van der Waals surface area contributed by atoms with Gasteiger partial charge in [0.2, 0.25) is 0 Å². The van der Waals surface area contributed by atoms with E-state index in [2.05, 4.69) is 6.92 Å². The van der Waals surface area contributed by atoms with Gasteiger partial charge in [-0.15, -0.1) is 0 Å². The number of carboxylic acids is 1. The van der Waals surface area contributed by atoms with E-state index in [-0.39, 0.29) is 17.9 Å². The van der Waals surface area contributed by atoms with Crippen LogP contribution in [0, 0.1) is 0 Å². The van der Waals surface area contributed by atoms with E-state index in [1.807, 2.05) is 21.1 Å². The first-order valence-electron chi connectivity index (χ1n) is 8.44. The van der Waals surface area contributed by atoms with Gasteiger partial charge in [0.25, 0.3) is 0 Å². The minimum absolute atomic E-state index is 0. The molecule has 0 heterocycles. The van der Waals surface area contributed by atoms with Gasteiger partial charge in [-0.1, -0.05) is 45.4 Å². The molecule has 0 aromatic carbocycles. The number of likely N-dealkylation sites (N-methyl/N-ethyl adjacent to an activating group) is 1. The third-order valence-corrected chi connectivity index (χ3v) is 3.43. The lowest BCUT2D eigenvalue weighted by Gasteiger charge is -2.29. The quantitative estimate of drug-likeness (QED) is 0.286. The highest BCUT2D eigenvalue weighted by molar-refractivity contribution is 5.70. The van der Waals surface area contributed by atoms with E-state index >= 15 is 0 Å². The van der Waals surface area contributed by atoms with Crippen molar-refractivity contribution in [1.29, 1.82) is 0 Å². The van der Waals surface area contributed by atoms with Crippen molar-refractivity contribution >= 4 is 11.9 Å². The molecule has 0 bridgehead atoms. The third kappa shape index (κ3) is 17.1. The monoisotopic (exact) mass is 333 g/mol. The Kier molecular flexibility index (Phi) is 14.0. The second kappa shape index (κ2) is 13.3. The van der Waals surface area contributed by atoms with Crippen molar-refractivity contribution in [3.8, 4) is 0 Å². The van der Waals surface area contributed by atoms with Crippen molar-refractivity contribution in [2.24, 2.45) is 0 Å². The number of quaternary nitrogens is 1. The van der Waals surface area contributed by atoms with Crippen LogP contribution in [0.4, 0.5) is 0 Å². The molecule has 0 unspecified atom stereocenters. The number of esters is 1. The van der Waals surface area contributed by atoms with E-state index in [0.717, 1.165) is 19.3 Å². The normalized spacial score (nSPS) is 12.3. The minimum atomic E-state index is -1.18. The first-order valence-corrected chi connectivity index (χ1v) is 8.44. The summed E-state index contributed by atoms with van der Waals surface area (Å²) in [6.45, 7) is 2.66. The number of carboxylic acid groups (broad SMARTS) is 1. The molecule has 1 atom stereocenters. The van der Waals surface area contributed by atoms with Gasteiger partial charge in [-0.25, -0.2) is 0 Å². The summed E-state index contributed by atoms with van der Waals surface area (Å²) in [5.74, 6) is -1.48. The van der Waals surface area contributed by atoms with Crippen LogP contribution in [0.15, 0.2) is 0 Å². The molecule has 0 radical (unpaired) electrons. The van der Waals surface area contributed by atoms with E-state index in [1.165, 1.54) is 25.7 Å². The highest BCUT2D eigenvalue weighted by atomic mass is 16.5. The van der Waals surface area contributed by atoms with Crippen molar-refractivity contribution in [2.75, 3.05) is 27.7 Å². The van der Waals surface area contributed by atoms with Crippen molar-refractivity contribution in [1.82, 2.24) is 0 Å². The van der Waals surface area contributed by atoms with Gasteiger partial charge < -0.3 is 24.6 Å². The highest BCUT2D eigenvalue weighted by Crippen LogP contribution is 2.11. The Morgan fingerprint density at radius 1 is 1.00 bits per heavy atom. The van der Waals surface area contributed by atoms with Crippen LogP contribution in [-0.2, 0) is 14.3 Å². The molecule has 6 nitrogen and oxygen atoms in total. The van der Waals surface area contributed by atoms with Gasteiger partial charge in [0.05, 0.1) is 21.1 Å². The van der Waals surface area contributed by atoms with Crippen LogP contribution < -0.4 is 5.11 Å². The molecule has 138 valence electrons. The number of aliphatic carboxylic acids is 1. The standard InChI is InChI=1S/C17H33NO4.H2O/c1-5-6-7-8-9-10-11-12-17(21)22-15(13-16(19)20)14-18(2,3)4;/h15H,5-14H2,1-4H3;1H2/t15-;/m1./s1. The summed E-state index contributed by atoms with van der Waals surface area (Å²) in [6.07, 6.45) is 7.50. The predicted octanol–water partition coefficient (Wildman–Crippen LogP) is 1.06. The molecule has 0 aliphatic carbocycles. The van der Waals surface area contributed by atoms with Gasteiger partial charge >= 0.3 is 5.97 Å². The van der Waals surface area contributed by atoms with Gasteiger partial charge in [-0.05, 0) is 6.42 Å². The molecule has 0 aromatic rings. The molecule has 0 fully saturated rings. The van der Waals surface area contributed by atoms with Crippen molar-refractivity contribution in [3.63, 3.8) is 0 Å². The smallest absolute Gasteiger partial charge is 0.306 e. The van der Waals surface area contributed by atoms with Crippen LogP contribution in [-0.4, -0.2) is 55.7 Å². The maximum absolute atomic E-state index is 11.8. The average Bonchev–Trinajstić information content (AvgIpc) is 2.34. The van der Waals surface area contributed by atoms with Gasteiger partial charge in [0.15, 0.2) is 6.10 Å². The molecule has 6 heteroatoms. The van der Waals surface area contributed by atoms with E-state index in [4.69, 9.17) is 4.74 Å². The van der Waals surface area contributed by atoms with Crippen LogP contribution >= 0.6 is 0 Å². The summed E-state index contributed by atoms with van der Waals surface area (Å²) in [6, 6.07) is 0. The summed E-state index contributed by atoms with van der Waals surface area (Å²) in [7, 11) is 5.81. The lowest BCUT2D eigenvalue weighted by atomic mass is 10.1. The molecule has 0 saturated carbocycles. The summed E-state index contributed by atoms with van der Waals surface area (Å²) < 4.78 is 5.85. The number of ether oxygens (including phenoxy) is 1. The Morgan fingerprint density at radius 2 is 1.52 bits per heavy atom. The van der Waals surface area contributed by atoms with Crippen LogP contribution in [0.25, 0.3) is 0 Å². The topological polar surface area (TPSA) is 97.9 Å². The predicted molar refractivity (Wildman–Crippen MR) is 88.6 cm³/mol. The number of carbonyl (C=O) groups excluding carboxylic acids is 2. The summed E-state index contributed by atoms with van der Waals surface area (Å²) in [4.78, 5) is 22.6. The Labute approximate surface area is 140 Å². The number of unbranched alkanes of at least 4 members (excludes halogenated alkanes) is 6. The number of carbonyl (C=O) groups is 2. The third-order valence-electron chi connectivity index (χ3n) is 3.43. The second-order valence-electron chi connectivity index (χ2n) is 7.03. The molecule has 0 aliphatic rings. The Balaban J connectivity index is 0. The van der Waals surface area contributed by atoms with E-state index in [1.54, 1.807) is 0 Å². The van der Waals surface area contributed by atoms with Crippen LogP contribution in [0.2, 0.25) is 0 Å². The number of nitrogens with zero attached hydrogens (tertiary/aromatic N) is 1. The van der Waals surface area contributed by atoms with Crippen LogP contribution in [0.3, 0.4) is 0 Å². The molecule has 0 spiro atoms. The van der Waals surface area contributed by atoms with Crippen molar-refractivity contribution in [2.45, 2.75) is 70.8 Å². The van der Waals surface area contributed by atoms with E-state index in [0.29, 0.717) is 17.4 Å². The lowest BCUT2D eigenvalue weighted by molar-refractivity contribution is -0.873. The lowest BCUT2D eigenvalue weighted by Crippen LogP contribution is -2.45. The summed E-state index contributed by atoms with van der Waals surface area (Å²) in [5, 5.41) is 10.8. The van der Waals surface area contributed by atoms with Crippen molar-refractivity contribution < 1.29 is 29.4 Å². The summed E-state index contributed by atoms with van der Waals surface area (Å²) in [5.41, 5.74) is 0. The SMILES string of the molecule is CCCCCCCCCC(=O)O[C@H](CC(=O)[O-])C[N+](C)(C)C.O. The first kappa shape index (κ1) is 24.1. The average molecular weight is 333 g/mol. The second-order valence-corrected chi connectivity index (χ2v) is 7.03. The van der Waals surface area contributed by atoms with Crippen LogP contribution in [0.5, 0.6) is 0 Å². The van der Waals surface area contributed by atoms with Gasteiger partial charge in [0.1, 0.15) is 6.54 Å². The van der Waals surface area contributed by atoms with E-state index in [9.17, 15) is 14.7 Å².